The van der Waals surface area contributed by atoms with E-state index in [0.29, 0.717) is 5.92 Å². The van der Waals surface area contributed by atoms with E-state index >= 15 is 0 Å². The van der Waals surface area contributed by atoms with Gasteiger partial charge in [0.15, 0.2) is 0 Å². The molecule has 0 spiro atoms. The maximum atomic E-state index is 13.7. The summed E-state index contributed by atoms with van der Waals surface area (Å²) in [5.41, 5.74) is 1.05. The zero-order valence-electron chi connectivity index (χ0n) is 11.1. The molecule has 0 radical (unpaired) electrons. The van der Waals surface area contributed by atoms with Gasteiger partial charge in [-0.2, -0.15) is 0 Å². The summed E-state index contributed by atoms with van der Waals surface area (Å²) in [6.07, 6.45) is 4.44. The molecule has 104 valence electrons. The van der Waals surface area contributed by atoms with Crippen molar-refractivity contribution in [1.29, 1.82) is 0 Å². The molecule has 2 nitrogen and oxygen atoms in total. The van der Waals surface area contributed by atoms with Crippen LogP contribution in [-0.4, -0.2) is 17.3 Å². The number of rotatable bonds is 3. The third-order valence-electron chi connectivity index (χ3n) is 3.79. The van der Waals surface area contributed by atoms with E-state index in [1.165, 1.54) is 12.5 Å². The number of hydrogen-bond acceptors (Lipinski definition) is 1. The van der Waals surface area contributed by atoms with Gasteiger partial charge in [0.1, 0.15) is 5.82 Å². The number of halogens is 2. The topological polar surface area (TPSA) is 29.1 Å². The molecule has 1 amide bonds. The van der Waals surface area contributed by atoms with Crippen molar-refractivity contribution in [3.8, 4) is 0 Å². The number of alkyl halides is 1. The molecule has 1 aromatic rings. The summed E-state index contributed by atoms with van der Waals surface area (Å²) in [6, 6.07) is 4.79. The Hall–Kier alpha value is -0.900. The Morgan fingerprint density at radius 3 is 2.89 bits per heavy atom. The number of amides is 1. The van der Waals surface area contributed by atoms with Crippen molar-refractivity contribution in [3.05, 3.63) is 35.1 Å². The highest BCUT2D eigenvalue weighted by Gasteiger charge is 2.26. The van der Waals surface area contributed by atoms with Gasteiger partial charge in [0.2, 0.25) is 0 Å². The van der Waals surface area contributed by atoms with Crippen molar-refractivity contribution in [1.82, 2.24) is 5.32 Å². The first-order valence-corrected chi connectivity index (χ1v) is 7.87. The first kappa shape index (κ1) is 14.5. The zero-order chi connectivity index (χ0) is 13.8. The van der Waals surface area contributed by atoms with E-state index in [1.807, 2.05) is 6.92 Å². The zero-order valence-corrected chi connectivity index (χ0v) is 12.7. The summed E-state index contributed by atoms with van der Waals surface area (Å²) >= 11 is 3.50. The SMILES string of the molecule is Cc1ccc(F)c(C(=O)NC2CCCCC2CBr)c1. The molecule has 2 atom stereocenters. The predicted octanol–water partition coefficient (Wildman–Crippen LogP) is 3.82. The van der Waals surface area contributed by atoms with E-state index in [2.05, 4.69) is 21.2 Å². The Morgan fingerprint density at radius 2 is 2.16 bits per heavy atom. The first-order valence-electron chi connectivity index (χ1n) is 6.75. The maximum absolute atomic E-state index is 13.7. The van der Waals surface area contributed by atoms with E-state index in [4.69, 9.17) is 0 Å². The van der Waals surface area contributed by atoms with Crippen LogP contribution in [-0.2, 0) is 0 Å². The van der Waals surface area contributed by atoms with Crippen molar-refractivity contribution < 1.29 is 9.18 Å². The molecule has 1 N–H and O–H groups in total. The molecule has 0 aliphatic heterocycles. The Balaban J connectivity index is 2.09. The molecule has 0 heterocycles. The third-order valence-corrected chi connectivity index (χ3v) is 4.62. The Labute approximate surface area is 121 Å². The van der Waals surface area contributed by atoms with Crippen LogP contribution < -0.4 is 5.32 Å². The molecule has 2 unspecified atom stereocenters. The normalized spacial score (nSPS) is 23.1. The average Bonchev–Trinajstić information content (AvgIpc) is 2.42. The minimum Gasteiger partial charge on any atom is -0.349 e. The first-order chi connectivity index (χ1) is 9.11. The highest BCUT2D eigenvalue weighted by atomic mass is 79.9. The lowest BCUT2D eigenvalue weighted by Crippen LogP contribution is -2.43. The van der Waals surface area contributed by atoms with Crippen LogP contribution in [0.5, 0.6) is 0 Å². The molecule has 0 saturated heterocycles. The largest absolute Gasteiger partial charge is 0.349 e. The highest BCUT2D eigenvalue weighted by molar-refractivity contribution is 9.09. The van der Waals surface area contributed by atoms with Gasteiger partial charge in [-0.05, 0) is 37.8 Å². The second-order valence-electron chi connectivity index (χ2n) is 5.26. The van der Waals surface area contributed by atoms with E-state index in [0.717, 1.165) is 30.2 Å². The minimum absolute atomic E-state index is 0.152. The third kappa shape index (κ3) is 3.56. The van der Waals surface area contributed by atoms with Crippen LogP contribution in [0.15, 0.2) is 18.2 Å². The Morgan fingerprint density at radius 1 is 1.42 bits per heavy atom. The lowest BCUT2D eigenvalue weighted by Gasteiger charge is -2.31. The van der Waals surface area contributed by atoms with Crippen LogP contribution in [0.1, 0.15) is 41.6 Å². The minimum atomic E-state index is -0.450. The van der Waals surface area contributed by atoms with Crippen LogP contribution in [0.3, 0.4) is 0 Å². The number of hydrogen-bond donors (Lipinski definition) is 1. The lowest BCUT2D eigenvalue weighted by atomic mass is 9.85. The standard InChI is InChI=1S/C15H19BrFNO/c1-10-6-7-13(17)12(8-10)15(19)18-14-5-3-2-4-11(14)9-16/h6-8,11,14H,2-5,9H2,1H3,(H,18,19). The van der Waals surface area contributed by atoms with Gasteiger partial charge in [-0.15, -0.1) is 0 Å². The lowest BCUT2D eigenvalue weighted by molar-refractivity contribution is 0.0907. The molecule has 2 rings (SSSR count). The van der Waals surface area contributed by atoms with Gasteiger partial charge in [0, 0.05) is 11.4 Å². The monoisotopic (exact) mass is 327 g/mol. The van der Waals surface area contributed by atoms with E-state index in [-0.39, 0.29) is 17.5 Å². The van der Waals surface area contributed by atoms with Crippen molar-refractivity contribution in [2.24, 2.45) is 5.92 Å². The molecule has 1 aromatic carbocycles. The molecule has 1 aliphatic carbocycles. The van der Waals surface area contributed by atoms with Gasteiger partial charge in [0.25, 0.3) is 5.91 Å². The quantitative estimate of drug-likeness (QED) is 0.840. The Kier molecular flexibility index (Phi) is 4.97. The summed E-state index contributed by atoms with van der Waals surface area (Å²) in [7, 11) is 0. The number of nitrogens with one attached hydrogen (secondary N) is 1. The summed E-state index contributed by atoms with van der Waals surface area (Å²) in [6.45, 7) is 1.86. The average molecular weight is 328 g/mol. The van der Waals surface area contributed by atoms with Gasteiger partial charge in [-0.3, -0.25) is 4.79 Å². The predicted molar refractivity (Wildman–Crippen MR) is 78.1 cm³/mol. The van der Waals surface area contributed by atoms with Crippen LogP contribution in [0.4, 0.5) is 4.39 Å². The molecule has 1 aliphatic rings. The highest BCUT2D eigenvalue weighted by Crippen LogP contribution is 2.26. The molecule has 0 aromatic heterocycles. The molecular formula is C15H19BrFNO. The summed E-state index contributed by atoms with van der Waals surface area (Å²) < 4.78 is 13.7. The van der Waals surface area contributed by atoms with E-state index in [9.17, 15) is 9.18 Å². The fourth-order valence-electron chi connectivity index (χ4n) is 2.64. The van der Waals surface area contributed by atoms with Crippen LogP contribution in [0.2, 0.25) is 0 Å². The Bertz CT molecular complexity index is 463. The number of carbonyl (C=O) groups excluding carboxylic acids is 1. The van der Waals surface area contributed by atoms with Crippen LogP contribution >= 0.6 is 15.9 Å². The molecule has 19 heavy (non-hydrogen) atoms. The number of carbonyl (C=O) groups is 1. The van der Waals surface area contributed by atoms with Crippen LogP contribution in [0, 0.1) is 18.7 Å². The molecule has 4 heteroatoms. The molecule has 0 bridgehead atoms. The molecule has 1 saturated carbocycles. The second kappa shape index (κ2) is 6.51. The smallest absolute Gasteiger partial charge is 0.254 e. The molecule has 1 fully saturated rings. The second-order valence-corrected chi connectivity index (χ2v) is 5.91. The van der Waals surface area contributed by atoms with Crippen molar-refractivity contribution in [2.75, 3.05) is 5.33 Å². The van der Waals surface area contributed by atoms with E-state index in [1.54, 1.807) is 12.1 Å². The van der Waals surface area contributed by atoms with Crippen molar-refractivity contribution >= 4 is 21.8 Å². The van der Waals surface area contributed by atoms with Gasteiger partial charge in [-0.25, -0.2) is 4.39 Å². The van der Waals surface area contributed by atoms with Gasteiger partial charge >= 0.3 is 0 Å². The fourth-order valence-corrected chi connectivity index (χ4v) is 3.42. The fraction of sp³-hybridized carbons (Fsp3) is 0.533. The maximum Gasteiger partial charge on any atom is 0.254 e. The number of aryl methyl sites for hydroxylation is 1. The van der Waals surface area contributed by atoms with Crippen LogP contribution in [0.25, 0.3) is 0 Å². The van der Waals surface area contributed by atoms with Crippen molar-refractivity contribution in [3.63, 3.8) is 0 Å². The van der Waals surface area contributed by atoms with Gasteiger partial charge in [-0.1, -0.05) is 40.4 Å². The summed E-state index contributed by atoms with van der Waals surface area (Å²) in [5.74, 6) is -0.293. The summed E-state index contributed by atoms with van der Waals surface area (Å²) in [5, 5.41) is 3.88. The number of benzene rings is 1. The molecular weight excluding hydrogens is 309 g/mol. The summed E-state index contributed by atoms with van der Waals surface area (Å²) in [4.78, 5) is 12.2. The van der Waals surface area contributed by atoms with Crippen molar-refractivity contribution in [2.45, 2.75) is 38.6 Å². The van der Waals surface area contributed by atoms with Gasteiger partial charge < -0.3 is 5.32 Å². The van der Waals surface area contributed by atoms with E-state index < -0.39 is 5.82 Å². The van der Waals surface area contributed by atoms with Gasteiger partial charge in [0.05, 0.1) is 5.56 Å².